The predicted octanol–water partition coefficient (Wildman–Crippen LogP) is 4.00. The minimum Gasteiger partial charge on any atom is -0.376 e. The van der Waals surface area contributed by atoms with E-state index in [1.165, 1.54) is 31.0 Å². The number of rotatable bonds is 8. The number of hydrogen-bond acceptors (Lipinski definition) is 6. The van der Waals surface area contributed by atoms with Gasteiger partial charge in [-0.15, -0.1) is 0 Å². The maximum absolute atomic E-state index is 12.5. The van der Waals surface area contributed by atoms with E-state index in [0.717, 1.165) is 17.9 Å². The lowest BCUT2D eigenvalue weighted by Crippen LogP contribution is -2.32. The van der Waals surface area contributed by atoms with Crippen LogP contribution in [0.4, 0.5) is 0 Å². The van der Waals surface area contributed by atoms with Crippen molar-refractivity contribution >= 4 is 17.7 Å². The van der Waals surface area contributed by atoms with Gasteiger partial charge in [0.1, 0.15) is 10.8 Å². The molecule has 2 aromatic heterocycles. The van der Waals surface area contributed by atoms with Crippen molar-refractivity contribution in [3.8, 4) is 0 Å². The molecule has 1 fully saturated rings. The normalized spacial score (nSPS) is 19.8. The molecule has 1 aliphatic rings. The summed E-state index contributed by atoms with van der Waals surface area (Å²) in [6, 6.07) is 5.46. The minimum atomic E-state index is -0.123. The molecular weight excluding hydrogens is 362 g/mol. The molecule has 0 saturated heterocycles. The Balaban J connectivity index is 1.47. The second-order valence-corrected chi connectivity index (χ2v) is 7.96. The Labute approximate surface area is 164 Å². The predicted molar refractivity (Wildman–Crippen MR) is 105 cm³/mol. The summed E-state index contributed by atoms with van der Waals surface area (Å²) in [4.78, 5) is 16.9. The number of thioether (sulfide) groups is 1. The standard InChI is InChI=1S/C20H27N3O3S/c1-14-6-3-4-8-18(14)25-11-10-21-19(24)17-7-5-9-22-20(17)27-13-16-12-15(2)26-23-16/h5,7,9,12,14,18H,3-4,6,8,10-11,13H2,1-2H3,(H,21,24)/t14-,18-/m0/s1. The van der Waals surface area contributed by atoms with E-state index in [1.54, 1.807) is 18.3 Å². The molecule has 2 heterocycles. The highest BCUT2D eigenvalue weighted by atomic mass is 32.2. The third-order valence-electron chi connectivity index (χ3n) is 4.80. The molecule has 0 spiro atoms. The highest BCUT2D eigenvalue weighted by Crippen LogP contribution is 2.26. The fourth-order valence-corrected chi connectivity index (χ4v) is 4.18. The van der Waals surface area contributed by atoms with Crippen molar-refractivity contribution in [2.75, 3.05) is 13.2 Å². The van der Waals surface area contributed by atoms with Gasteiger partial charge < -0.3 is 14.6 Å². The van der Waals surface area contributed by atoms with Crippen LogP contribution >= 0.6 is 11.8 Å². The van der Waals surface area contributed by atoms with E-state index in [-0.39, 0.29) is 5.91 Å². The van der Waals surface area contributed by atoms with Crippen molar-refractivity contribution in [1.82, 2.24) is 15.5 Å². The van der Waals surface area contributed by atoms with Crippen LogP contribution in [0.15, 0.2) is 33.9 Å². The second-order valence-electron chi connectivity index (χ2n) is 7.00. The quantitative estimate of drug-likeness (QED) is 0.543. The summed E-state index contributed by atoms with van der Waals surface area (Å²) in [6.07, 6.45) is 6.92. The van der Waals surface area contributed by atoms with Gasteiger partial charge in [-0.1, -0.05) is 36.7 Å². The Morgan fingerprint density at radius 1 is 1.41 bits per heavy atom. The summed E-state index contributed by atoms with van der Waals surface area (Å²) in [6.45, 7) is 5.15. The highest BCUT2D eigenvalue weighted by Gasteiger charge is 2.21. The molecule has 1 N–H and O–H groups in total. The first-order valence-corrected chi connectivity index (χ1v) is 10.5. The van der Waals surface area contributed by atoms with E-state index >= 15 is 0 Å². The first-order chi connectivity index (χ1) is 13.1. The van der Waals surface area contributed by atoms with E-state index in [2.05, 4.69) is 22.4 Å². The number of carbonyl (C=O) groups excluding carboxylic acids is 1. The SMILES string of the molecule is Cc1cc(CSc2ncccc2C(=O)NCCO[C@H]2CCCC[C@@H]2C)no1. The van der Waals surface area contributed by atoms with Gasteiger partial charge >= 0.3 is 0 Å². The van der Waals surface area contributed by atoms with Gasteiger partial charge in [-0.3, -0.25) is 4.79 Å². The van der Waals surface area contributed by atoms with E-state index < -0.39 is 0 Å². The maximum atomic E-state index is 12.5. The van der Waals surface area contributed by atoms with Crippen LogP contribution in [0.25, 0.3) is 0 Å². The third-order valence-corrected chi connectivity index (χ3v) is 5.84. The number of hydrogen-bond donors (Lipinski definition) is 1. The first kappa shape index (κ1) is 19.9. The van der Waals surface area contributed by atoms with Gasteiger partial charge in [-0.05, 0) is 37.8 Å². The second kappa shape index (κ2) is 9.90. The number of carbonyl (C=O) groups is 1. The Bertz CT molecular complexity index is 750. The molecule has 1 aliphatic carbocycles. The van der Waals surface area contributed by atoms with Crippen LogP contribution in [0.5, 0.6) is 0 Å². The zero-order valence-electron chi connectivity index (χ0n) is 15.9. The van der Waals surface area contributed by atoms with Crippen LogP contribution in [-0.4, -0.2) is 35.3 Å². The zero-order chi connectivity index (χ0) is 19.1. The largest absolute Gasteiger partial charge is 0.376 e. The van der Waals surface area contributed by atoms with Gasteiger partial charge in [-0.25, -0.2) is 4.98 Å². The van der Waals surface area contributed by atoms with Crippen LogP contribution in [0, 0.1) is 12.8 Å². The summed E-state index contributed by atoms with van der Waals surface area (Å²) in [5.41, 5.74) is 1.42. The van der Waals surface area contributed by atoms with Crippen molar-refractivity contribution in [2.24, 2.45) is 5.92 Å². The summed E-state index contributed by atoms with van der Waals surface area (Å²) in [5.74, 6) is 1.87. The van der Waals surface area contributed by atoms with Gasteiger partial charge in [-0.2, -0.15) is 0 Å². The van der Waals surface area contributed by atoms with Crippen molar-refractivity contribution in [3.63, 3.8) is 0 Å². The van der Waals surface area contributed by atoms with Crippen molar-refractivity contribution in [1.29, 1.82) is 0 Å². The summed E-state index contributed by atoms with van der Waals surface area (Å²) < 4.78 is 11.0. The first-order valence-electron chi connectivity index (χ1n) is 9.53. The number of ether oxygens (including phenoxy) is 1. The molecule has 2 atom stereocenters. The summed E-state index contributed by atoms with van der Waals surface area (Å²) in [7, 11) is 0. The lowest BCUT2D eigenvalue weighted by atomic mass is 9.88. The molecule has 0 radical (unpaired) electrons. The number of nitrogens with one attached hydrogen (secondary N) is 1. The van der Waals surface area contributed by atoms with Crippen LogP contribution in [0.1, 0.15) is 54.4 Å². The Kier molecular flexibility index (Phi) is 7.29. The van der Waals surface area contributed by atoms with Crippen molar-refractivity contribution in [3.05, 3.63) is 41.4 Å². The molecule has 1 saturated carbocycles. The molecule has 0 aromatic carbocycles. The number of aryl methyl sites for hydroxylation is 1. The molecule has 0 unspecified atom stereocenters. The third kappa shape index (κ3) is 5.81. The minimum absolute atomic E-state index is 0.123. The fraction of sp³-hybridized carbons (Fsp3) is 0.550. The van der Waals surface area contributed by atoms with Crippen LogP contribution < -0.4 is 5.32 Å². The number of pyridine rings is 1. The van der Waals surface area contributed by atoms with Gasteiger partial charge in [0.15, 0.2) is 0 Å². The van der Waals surface area contributed by atoms with Crippen LogP contribution in [0.2, 0.25) is 0 Å². The van der Waals surface area contributed by atoms with E-state index in [4.69, 9.17) is 9.26 Å². The molecule has 3 rings (SSSR count). The van der Waals surface area contributed by atoms with E-state index in [9.17, 15) is 4.79 Å². The molecule has 1 amide bonds. The van der Waals surface area contributed by atoms with E-state index in [0.29, 0.717) is 41.5 Å². The fourth-order valence-electron chi connectivity index (χ4n) is 3.31. The van der Waals surface area contributed by atoms with Crippen LogP contribution in [-0.2, 0) is 10.5 Å². The van der Waals surface area contributed by atoms with Crippen molar-refractivity contribution in [2.45, 2.75) is 56.4 Å². The summed E-state index contributed by atoms with van der Waals surface area (Å²) in [5, 5.41) is 7.61. The van der Waals surface area contributed by atoms with Gasteiger partial charge in [0.2, 0.25) is 0 Å². The molecule has 2 aromatic rings. The molecule has 0 bridgehead atoms. The van der Waals surface area contributed by atoms with Crippen molar-refractivity contribution < 1.29 is 14.1 Å². The van der Waals surface area contributed by atoms with Gasteiger partial charge in [0, 0.05) is 24.6 Å². The Hall–Kier alpha value is -1.86. The lowest BCUT2D eigenvalue weighted by Gasteiger charge is -2.28. The lowest BCUT2D eigenvalue weighted by molar-refractivity contribution is -0.00294. The Morgan fingerprint density at radius 2 is 2.26 bits per heavy atom. The van der Waals surface area contributed by atoms with Gasteiger partial charge in [0.05, 0.1) is 24.0 Å². The van der Waals surface area contributed by atoms with E-state index in [1.807, 2.05) is 13.0 Å². The summed E-state index contributed by atoms with van der Waals surface area (Å²) >= 11 is 1.48. The number of amides is 1. The molecule has 6 nitrogen and oxygen atoms in total. The number of aromatic nitrogens is 2. The maximum Gasteiger partial charge on any atom is 0.254 e. The average molecular weight is 390 g/mol. The zero-order valence-corrected chi connectivity index (χ0v) is 16.8. The topological polar surface area (TPSA) is 77.2 Å². The molecule has 7 heteroatoms. The monoisotopic (exact) mass is 389 g/mol. The molecule has 27 heavy (non-hydrogen) atoms. The molecular formula is C20H27N3O3S. The Morgan fingerprint density at radius 3 is 3.04 bits per heavy atom. The highest BCUT2D eigenvalue weighted by molar-refractivity contribution is 7.98. The smallest absolute Gasteiger partial charge is 0.254 e. The van der Waals surface area contributed by atoms with Crippen LogP contribution in [0.3, 0.4) is 0 Å². The average Bonchev–Trinajstić information content (AvgIpc) is 3.10. The number of nitrogens with zero attached hydrogens (tertiary/aromatic N) is 2. The van der Waals surface area contributed by atoms with Gasteiger partial charge in [0.25, 0.3) is 5.91 Å². The molecule has 146 valence electrons. The molecule has 0 aliphatic heterocycles.